The molecule has 1 rings (SSSR count). The highest BCUT2D eigenvalue weighted by molar-refractivity contribution is 5.27. The van der Waals surface area contributed by atoms with E-state index in [1.165, 1.54) is 102 Å². The van der Waals surface area contributed by atoms with Gasteiger partial charge >= 0.3 is 0 Å². The number of benzene rings is 1. The smallest absolute Gasteiger partial charge is 0.115 e. The van der Waals surface area contributed by atoms with Crippen LogP contribution >= 0.6 is 0 Å². The molecule has 0 aliphatic rings. The van der Waals surface area contributed by atoms with Gasteiger partial charge in [0.25, 0.3) is 0 Å². The van der Waals surface area contributed by atoms with Gasteiger partial charge in [-0.15, -0.1) is 0 Å². The van der Waals surface area contributed by atoms with Crippen LogP contribution < -0.4 is 0 Å². The van der Waals surface area contributed by atoms with Gasteiger partial charge in [0, 0.05) is 0 Å². The largest absolute Gasteiger partial charge is 0.508 e. The fourth-order valence-electron chi connectivity index (χ4n) is 3.41. The van der Waals surface area contributed by atoms with E-state index >= 15 is 0 Å². The van der Waals surface area contributed by atoms with Gasteiger partial charge in [-0.1, -0.05) is 109 Å². The van der Waals surface area contributed by atoms with Gasteiger partial charge in [-0.2, -0.15) is 0 Å². The van der Waals surface area contributed by atoms with Crippen LogP contribution in [0.25, 0.3) is 0 Å². The van der Waals surface area contributed by atoms with Gasteiger partial charge in [-0.3, -0.25) is 0 Å². The number of unbranched alkanes of at least 4 members (excludes halogenated alkanes) is 14. The molecule has 0 amide bonds. The standard InChI is InChI=1S/C23H40O/c1-2-3-4-5-6-7-8-9-10-11-12-13-14-15-16-18-22-19-17-20-23(24)21-22/h17,19-21,24H,2-16,18H2,1H3. The first-order valence-corrected chi connectivity index (χ1v) is 10.6. The van der Waals surface area contributed by atoms with Gasteiger partial charge in [-0.05, 0) is 30.5 Å². The second-order valence-electron chi connectivity index (χ2n) is 7.37. The number of hydrogen-bond donors (Lipinski definition) is 1. The molecule has 0 radical (unpaired) electrons. The molecule has 0 aromatic heterocycles. The van der Waals surface area contributed by atoms with Crippen LogP contribution in [-0.4, -0.2) is 5.11 Å². The van der Waals surface area contributed by atoms with Crippen molar-refractivity contribution in [2.24, 2.45) is 0 Å². The molecule has 24 heavy (non-hydrogen) atoms. The molecule has 0 saturated carbocycles. The second-order valence-corrected chi connectivity index (χ2v) is 7.37. The maximum Gasteiger partial charge on any atom is 0.115 e. The topological polar surface area (TPSA) is 20.2 Å². The highest BCUT2D eigenvalue weighted by Crippen LogP contribution is 2.16. The summed E-state index contributed by atoms with van der Waals surface area (Å²) < 4.78 is 0. The Bertz CT molecular complexity index is 385. The summed E-state index contributed by atoms with van der Waals surface area (Å²) in [4.78, 5) is 0. The molecule has 1 N–H and O–H groups in total. The van der Waals surface area contributed by atoms with Crippen LogP contribution in [0.1, 0.15) is 109 Å². The molecule has 1 aromatic carbocycles. The number of rotatable bonds is 16. The molecule has 1 nitrogen and oxygen atoms in total. The van der Waals surface area contributed by atoms with Crippen molar-refractivity contribution in [3.05, 3.63) is 29.8 Å². The molecule has 138 valence electrons. The highest BCUT2D eigenvalue weighted by atomic mass is 16.3. The Morgan fingerprint density at radius 2 is 1.08 bits per heavy atom. The van der Waals surface area contributed by atoms with Crippen molar-refractivity contribution in [3.8, 4) is 5.75 Å². The summed E-state index contributed by atoms with van der Waals surface area (Å²) in [5.74, 6) is 0.397. The lowest BCUT2D eigenvalue weighted by Gasteiger charge is -2.04. The van der Waals surface area contributed by atoms with Crippen molar-refractivity contribution in [3.63, 3.8) is 0 Å². The summed E-state index contributed by atoms with van der Waals surface area (Å²) in [6, 6.07) is 7.69. The van der Waals surface area contributed by atoms with E-state index in [2.05, 4.69) is 13.0 Å². The first kappa shape index (κ1) is 21.1. The molecule has 0 heterocycles. The molecule has 1 heteroatoms. The van der Waals surface area contributed by atoms with Crippen LogP contribution in [0.3, 0.4) is 0 Å². The molecule has 1 aromatic rings. The zero-order chi connectivity index (χ0) is 17.3. The lowest BCUT2D eigenvalue weighted by molar-refractivity contribution is 0.474. The summed E-state index contributed by atoms with van der Waals surface area (Å²) in [5, 5.41) is 9.44. The molecule has 0 atom stereocenters. The van der Waals surface area contributed by atoms with Gasteiger partial charge in [-0.25, -0.2) is 0 Å². The Morgan fingerprint density at radius 1 is 0.625 bits per heavy atom. The molecular weight excluding hydrogens is 292 g/mol. The van der Waals surface area contributed by atoms with Gasteiger partial charge in [0.05, 0.1) is 0 Å². The van der Waals surface area contributed by atoms with Crippen molar-refractivity contribution < 1.29 is 5.11 Å². The van der Waals surface area contributed by atoms with Crippen molar-refractivity contribution >= 4 is 0 Å². The number of aromatic hydroxyl groups is 1. The SMILES string of the molecule is CCCCCCCCCCCCCCCCCc1cccc(O)c1. The van der Waals surface area contributed by atoms with Crippen molar-refractivity contribution in [2.75, 3.05) is 0 Å². The normalized spacial score (nSPS) is 11.0. The summed E-state index contributed by atoms with van der Waals surface area (Å²) >= 11 is 0. The Kier molecular flexibility index (Phi) is 13.6. The second kappa shape index (κ2) is 15.5. The van der Waals surface area contributed by atoms with Gasteiger partial charge < -0.3 is 5.11 Å². The van der Waals surface area contributed by atoms with Gasteiger partial charge in [0.15, 0.2) is 0 Å². The van der Waals surface area contributed by atoms with Crippen molar-refractivity contribution in [2.45, 2.75) is 110 Å². The van der Waals surface area contributed by atoms with E-state index in [1.807, 2.05) is 12.1 Å². The lowest BCUT2D eigenvalue weighted by atomic mass is 10.0. The van der Waals surface area contributed by atoms with E-state index in [0.717, 1.165) is 6.42 Å². The van der Waals surface area contributed by atoms with Crippen LogP contribution in [0, 0.1) is 0 Å². The summed E-state index contributed by atoms with van der Waals surface area (Å²) in [6.07, 6.45) is 22.2. The third kappa shape index (κ3) is 12.4. The number of phenols is 1. The molecule has 0 aliphatic heterocycles. The minimum atomic E-state index is 0.397. The first-order chi connectivity index (χ1) is 11.8. The van der Waals surface area contributed by atoms with E-state index < -0.39 is 0 Å². The highest BCUT2D eigenvalue weighted by Gasteiger charge is 1.96. The minimum absolute atomic E-state index is 0.397. The molecule has 0 unspecified atom stereocenters. The molecule has 0 spiro atoms. The predicted octanol–water partition coefficient (Wildman–Crippen LogP) is 7.81. The molecular formula is C23H40O. The third-order valence-electron chi connectivity index (χ3n) is 4.98. The molecule has 0 aliphatic carbocycles. The average Bonchev–Trinajstić information content (AvgIpc) is 2.58. The zero-order valence-corrected chi connectivity index (χ0v) is 16.1. The third-order valence-corrected chi connectivity index (χ3v) is 4.98. The van der Waals surface area contributed by atoms with Crippen LogP contribution in [0.15, 0.2) is 24.3 Å². The summed E-state index contributed by atoms with van der Waals surface area (Å²) in [6.45, 7) is 2.29. The van der Waals surface area contributed by atoms with Crippen LogP contribution in [0.5, 0.6) is 5.75 Å². The van der Waals surface area contributed by atoms with E-state index in [-0.39, 0.29) is 0 Å². The monoisotopic (exact) mass is 332 g/mol. The quantitative estimate of drug-likeness (QED) is 0.306. The number of hydrogen-bond acceptors (Lipinski definition) is 1. The summed E-state index contributed by atoms with van der Waals surface area (Å²) in [7, 11) is 0. The van der Waals surface area contributed by atoms with E-state index in [4.69, 9.17) is 0 Å². The van der Waals surface area contributed by atoms with Crippen molar-refractivity contribution in [1.29, 1.82) is 0 Å². The zero-order valence-electron chi connectivity index (χ0n) is 16.1. The Hall–Kier alpha value is -0.980. The van der Waals surface area contributed by atoms with E-state index in [1.54, 1.807) is 6.07 Å². The van der Waals surface area contributed by atoms with Crippen molar-refractivity contribution in [1.82, 2.24) is 0 Å². The maximum atomic E-state index is 9.44. The van der Waals surface area contributed by atoms with Crippen LogP contribution in [0.2, 0.25) is 0 Å². The van der Waals surface area contributed by atoms with Crippen LogP contribution in [0.4, 0.5) is 0 Å². The molecule has 0 bridgehead atoms. The van der Waals surface area contributed by atoms with E-state index in [0.29, 0.717) is 5.75 Å². The van der Waals surface area contributed by atoms with E-state index in [9.17, 15) is 5.11 Å². The minimum Gasteiger partial charge on any atom is -0.508 e. The Morgan fingerprint density at radius 3 is 1.54 bits per heavy atom. The fourth-order valence-corrected chi connectivity index (χ4v) is 3.41. The number of phenolic OH excluding ortho intramolecular Hbond substituents is 1. The fraction of sp³-hybridized carbons (Fsp3) is 0.739. The Labute approximate surface area is 150 Å². The molecule has 0 saturated heterocycles. The number of aryl methyl sites for hydroxylation is 1. The lowest BCUT2D eigenvalue weighted by Crippen LogP contribution is -1.86. The van der Waals surface area contributed by atoms with Gasteiger partial charge in [0.2, 0.25) is 0 Å². The molecule has 0 fully saturated rings. The maximum absolute atomic E-state index is 9.44. The van der Waals surface area contributed by atoms with Crippen LogP contribution in [-0.2, 0) is 6.42 Å². The average molecular weight is 333 g/mol. The summed E-state index contributed by atoms with van der Waals surface area (Å²) in [5.41, 5.74) is 1.27. The predicted molar refractivity (Wildman–Crippen MR) is 107 cm³/mol. The first-order valence-electron chi connectivity index (χ1n) is 10.6. The Balaban J connectivity index is 1.76. The van der Waals surface area contributed by atoms with Gasteiger partial charge in [0.1, 0.15) is 5.75 Å².